The van der Waals surface area contributed by atoms with Gasteiger partial charge in [0.1, 0.15) is 11.5 Å². The third-order valence-corrected chi connectivity index (χ3v) is 6.51. The average molecular weight is 471 g/mol. The van der Waals surface area contributed by atoms with Crippen LogP contribution in [0.1, 0.15) is 36.2 Å². The van der Waals surface area contributed by atoms with Crippen molar-refractivity contribution in [1.29, 1.82) is 0 Å². The molecule has 0 unspecified atom stereocenters. The lowest BCUT2D eigenvalue weighted by Gasteiger charge is -2.38. The fourth-order valence-electron chi connectivity index (χ4n) is 4.36. The molecule has 2 aromatic rings. The minimum absolute atomic E-state index is 0.0230. The lowest BCUT2D eigenvalue weighted by molar-refractivity contribution is -0.0466. The van der Waals surface area contributed by atoms with E-state index in [0.29, 0.717) is 30.2 Å². The first-order valence-corrected chi connectivity index (χ1v) is 11.8. The van der Waals surface area contributed by atoms with E-state index < -0.39 is 0 Å². The number of amides is 1. The number of hydrogen-bond acceptors (Lipinski definition) is 7. The molecule has 184 valence electrons. The molecule has 0 saturated carbocycles. The van der Waals surface area contributed by atoms with Crippen molar-refractivity contribution >= 4 is 5.91 Å². The van der Waals surface area contributed by atoms with Crippen LogP contribution in [0.5, 0.6) is 23.0 Å². The quantitative estimate of drug-likeness (QED) is 0.555. The summed E-state index contributed by atoms with van der Waals surface area (Å²) < 4.78 is 27.8. The monoisotopic (exact) mass is 470 g/mol. The number of methoxy groups -OCH3 is 2. The first kappa shape index (κ1) is 24.2. The van der Waals surface area contributed by atoms with Crippen LogP contribution in [0.4, 0.5) is 0 Å². The van der Waals surface area contributed by atoms with Crippen molar-refractivity contribution in [1.82, 2.24) is 9.80 Å². The zero-order valence-corrected chi connectivity index (χ0v) is 20.4. The normalized spacial score (nSPS) is 18.4. The Labute approximate surface area is 201 Å². The van der Waals surface area contributed by atoms with Crippen LogP contribution in [0, 0.1) is 0 Å². The van der Waals surface area contributed by atoms with E-state index >= 15 is 0 Å². The van der Waals surface area contributed by atoms with Gasteiger partial charge in [0.25, 0.3) is 5.91 Å². The number of carbonyl (C=O) groups is 1. The summed E-state index contributed by atoms with van der Waals surface area (Å²) in [5.41, 5.74) is 1.69. The third-order valence-electron chi connectivity index (χ3n) is 6.51. The van der Waals surface area contributed by atoms with E-state index in [2.05, 4.69) is 18.7 Å². The summed E-state index contributed by atoms with van der Waals surface area (Å²) >= 11 is 0. The van der Waals surface area contributed by atoms with Gasteiger partial charge < -0.3 is 28.6 Å². The van der Waals surface area contributed by atoms with E-state index in [1.807, 2.05) is 23.1 Å². The third kappa shape index (κ3) is 5.39. The highest BCUT2D eigenvalue weighted by atomic mass is 16.7. The number of fused-ring (bicyclic) bond motifs is 1. The summed E-state index contributed by atoms with van der Waals surface area (Å²) in [6, 6.07) is 11.3. The van der Waals surface area contributed by atoms with Crippen molar-refractivity contribution in [3.05, 3.63) is 47.5 Å². The van der Waals surface area contributed by atoms with Crippen molar-refractivity contribution in [2.45, 2.75) is 39.0 Å². The van der Waals surface area contributed by atoms with E-state index in [1.54, 1.807) is 32.4 Å². The maximum absolute atomic E-state index is 13.5. The van der Waals surface area contributed by atoms with Gasteiger partial charge in [0, 0.05) is 49.4 Å². The molecule has 2 heterocycles. The SMILES string of the molecule is CC[C@H](C)N(C[C@@H]1CN(Cc2ccc(OC)cc2OC)CCO1)C(=O)c1ccc2c(c1)OCO2. The van der Waals surface area contributed by atoms with Gasteiger partial charge in [-0.25, -0.2) is 0 Å². The van der Waals surface area contributed by atoms with Crippen LogP contribution < -0.4 is 18.9 Å². The highest BCUT2D eigenvalue weighted by Crippen LogP contribution is 2.33. The van der Waals surface area contributed by atoms with Gasteiger partial charge in [-0.3, -0.25) is 9.69 Å². The molecule has 0 aromatic heterocycles. The molecular formula is C26H34N2O6. The van der Waals surface area contributed by atoms with Gasteiger partial charge in [-0.2, -0.15) is 0 Å². The molecule has 1 amide bonds. The Morgan fingerprint density at radius 3 is 2.74 bits per heavy atom. The zero-order valence-electron chi connectivity index (χ0n) is 20.4. The van der Waals surface area contributed by atoms with E-state index in [4.69, 9.17) is 23.7 Å². The van der Waals surface area contributed by atoms with E-state index in [-0.39, 0.29) is 24.8 Å². The summed E-state index contributed by atoms with van der Waals surface area (Å²) in [6.45, 7) is 7.80. The number of benzene rings is 2. The Balaban J connectivity index is 1.44. The predicted molar refractivity (Wildman–Crippen MR) is 128 cm³/mol. The molecule has 1 saturated heterocycles. The van der Waals surface area contributed by atoms with Crippen molar-refractivity contribution in [2.24, 2.45) is 0 Å². The molecule has 0 N–H and O–H groups in total. The van der Waals surface area contributed by atoms with E-state index in [9.17, 15) is 4.79 Å². The highest BCUT2D eigenvalue weighted by Gasteiger charge is 2.29. The molecule has 0 aliphatic carbocycles. The molecule has 34 heavy (non-hydrogen) atoms. The minimum Gasteiger partial charge on any atom is -0.497 e. The Bertz CT molecular complexity index is 997. The molecule has 8 nitrogen and oxygen atoms in total. The molecule has 2 aliphatic heterocycles. The highest BCUT2D eigenvalue weighted by molar-refractivity contribution is 5.95. The smallest absolute Gasteiger partial charge is 0.254 e. The van der Waals surface area contributed by atoms with Crippen molar-refractivity contribution in [3.63, 3.8) is 0 Å². The summed E-state index contributed by atoms with van der Waals surface area (Å²) in [5.74, 6) is 2.84. The zero-order chi connectivity index (χ0) is 24.1. The Kier molecular flexibility index (Phi) is 7.80. The molecule has 1 fully saturated rings. The fourth-order valence-corrected chi connectivity index (χ4v) is 4.36. The maximum Gasteiger partial charge on any atom is 0.254 e. The second-order valence-electron chi connectivity index (χ2n) is 8.69. The summed E-state index contributed by atoms with van der Waals surface area (Å²) in [5, 5.41) is 0. The summed E-state index contributed by atoms with van der Waals surface area (Å²) in [4.78, 5) is 17.7. The maximum atomic E-state index is 13.5. The molecule has 2 aromatic carbocycles. The summed E-state index contributed by atoms with van der Waals surface area (Å²) in [6.07, 6.45) is 0.778. The van der Waals surface area contributed by atoms with Crippen LogP contribution in [0.25, 0.3) is 0 Å². The first-order valence-electron chi connectivity index (χ1n) is 11.8. The molecule has 2 aliphatic rings. The number of nitrogens with zero attached hydrogens (tertiary/aromatic N) is 2. The van der Waals surface area contributed by atoms with Crippen LogP contribution >= 0.6 is 0 Å². The van der Waals surface area contributed by atoms with Gasteiger partial charge >= 0.3 is 0 Å². The average Bonchev–Trinajstić information content (AvgIpc) is 3.35. The molecular weight excluding hydrogens is 436 g/mol. The molecule has 0 radical (unpaired) electrons. The van der Waals surface area contributed by atoms with Crippen molar-refractivity contribution in [2.75, 3.05) is 47.3 Å². The molecule has 2 atom stereocenters. The number of carbonyl (C=O) groups excluding carboxylic acids is 1. The van der Waals surface area contributed by atoms with Crippen LogP contribution in [0.2, 0.25) is 0 Å². The van der Waals surface area contributed by atoms with Crippen LogP contribution in [-0.2, 0) is 11.3 Å². The number of ether oxygens (including phenoxy) is 5. The van der Waals surface area contributed by atoms with Gasteiger partial charge in [0.15, 0.2) is 11.5 Å². The predicted octanol–water partition coefficient (Wildman–Crippen LogP) is 3.57. The lowest BCUT2D eigenvalue weighted by atomic mass is 10.1. The van der Waals surface area contributed by atoms with Gasteiger partial charge in [-0.05, 0) is 37.6 Å². The lowest BCUT2D eigenvalue weighted by Crippen LogP contribution is -2.50. The number of hydrogen-bond donors (Lipinski definition) is 0. The van der Waals surface area contributed by atoms with E-state index in [0.717, 1.165) is 43.1 Å². The molecule has 4 rings (SSSR count). The number of morpholine rings is 1. The molecule has 8 heteroatoms. The Hall–Kier alpha value is -2.97. The molecule has 0 spiro atoms. The Morgan fingerprint density at radius 2 is 1.97 bits per heavy atom. The van der Waals surface area contributed by atoms with Gasteiger partial charge in [0.05, 0.1) is 26.9 Å². The largest absolute Gasteiger partial charge is 0.497 e. The van der Waals surface area contributed by atoms with Gasteiger partial charge in [-0.1, -0.05) is 13.0 Å². The van der Waals surface area contributed by atoms with Crippen molar-refractivity contribution < 1.29 is 28.5 Å². The summed E-state index contributed by atoms with van der Waals surface area (Å²) in [7, 11) is 3.32. The van der Waals surface area contributed by atoms with Gasteiger partial charge in [0.2, 0.25) is 6.79 Å². The first-order chi connectivity index (χ1) is 16.5. The van der Waals surface area contributed by atoms with Crippen molar-refractivity contribution in [3.8, 4) is 23.0 Å². The van der Waals surface area contributed by atoms with Crippen LogP contribution in [-0.4, -0.2) is 75.1 Å². The van der Waals surface area contributed by atoms with Crippen LogP contribution in [0.15, 0.2) is 36.4 Å². The fraction of sp³-hybridized carbons (Fsp3) is 0.500. The van der Waals surface area contributed by atoms with E-state index in [1.165, 1.54) is 0 Å². The molecule has 0 bridgehead atoms. The van der Waals surface area contributed by atoms with Crippen LogP contribution in [0.3, 0.4) is 0 Å². The standard InChI is InChI=1S/C26H34N2O6/c1-5-18(2)28(26(29)19-7-9-23-25(12-19)34-17-33-23)16-22-15-27(10-11-32-22)14-20-6-8-21(30-3)13-24(20)31-4/h6-9,12-13,18,22H,5,10-11,14-17H2,1-4H3/t18-,22-/m0/s1. The Morgan fingerprint density at radius 1 is 1.15 bits per heavy atom. The minimum atomic E-state index is -0.0787. The number of rotatable bonds is 9. The second-order valence-corrected chi connectivity index (χ2v) is 8.69. The topological polar surface area (TPSA) is 69.7 Å². The second kappa shape index (κ2) is 11.0. The van der Waals surface area contributed by atoms with Gasteiger partial charge in [-0.15, -0.1) is 0 Å².